The molecule has 0 aliphatic carbocycles. The van der Waals surface area contributed by atoms with Gasteiger partial charge in [0.1, 0.15) is 0 Å². The average Bonchev–Trinajstić information content (AvgIpc) is 2.67. The van der Waals surface area contributed by atoms with E-state index in [4.69, 9.17) is 9.47 Å². The van der Waals surface area contributed by atoms with E-state index >= 15 is 0 Å². The highest BCUT2D eigenvalue weighted by molar-refractivity contribution is 5.87. The molecule has 4 nitrogen and oxygen atoms in total. The maximum atomic E-state index is 11.3. The largest absolute Gasteiger partial charge is 0.463 e. The molecule has 140 valence electrons. The number of carbonyl (C=O) groups excluding carboxylic acids is 2. The molecule has 0 saturated carbocycles. The van der Waals surface area contributed by atoms with Crippen molar-refractivity contribution in [3.05, 3.63) is 82.9 Å². The van der Waals surface area contributed by atoms with Gasteiger partial charge in [-0.2, -0.15) is 0 Å². The monoisotopic (exact) mass is 364 g/mol. The van der Waals surface area contributed by atoms with Gasteiger partial charge in [-0.3, -0.25) is 0 Å². The normalized spacial score (nSPS) is 11.0. The number of esters is 2. The summed E-state index contributed by atoms with van der Waals surface area (Å²) in [5, 5.41) is 0. The molecular formula is C23H24O4. The Kier molecular flexibility index (Phi) is 8.04. The molecule has 2 rings (SSSR count). The Morgan fingerprint density at radius 2 is 1.07 bits per heavy atom. The van der Waals surface area contributed by atoms with Crippen LogP contribution in [0.25, 0.3) is 12.2 Å². The zero-order valence-corrected chi connectivity index (χ0v) is 15.7. The molecule has 4 heteroatoms. The molecule has 0 atom stereocenters. The predicted molar refractivity (Wildman–Crippen MR) is 107 cm³/mol. The standard InChI is InChI=1S/C23H24O4/c1-3-26-22(24)15-13-18-5-9-20(10-6-18)17-21-11-7-19(8-12-21)14-16-23(25)27-4-2/h5-16H,3-4,17H2,1-2H3/b15-13+,16-14+. The Balaban J connectivity index is 1.93. The van der Waals surface area contributed by atoms with Crippen molar-refractivity contribution in [2.75, 3.05) is 13.2 Å². The van der Waals surface area contributed by atoms with Gasteiger partial charge in [-0.1, -0.05) is 48.5 Å². The van der Waals surface area contributed by atoms with Crippen LogP contribution in [0, 0.1) is 0 Å². The van der Waals surface area contributed by atoms with Gasteiger partial charge in [0.25, 0.3) is 0 Å². The summed E-state index contributed by atoms with van der Waals surface area (Å²) in [6.07, 6.45) is 7.16. The highest BCUT2D eigenvalue weighted by Gasteiger charge is 1.99. The molecule has 0 spiro atoms. The lowest BCUT2D eigenvalue weighted by Crippen LogP contribution is -1.98. The summed E-state index contributed by atoms with van der Waals surface area (Å²) in [5.41, 5.74) is 4.26. The second-order valence-corrected chi connectivity index (χ2v) is 5.83. The zero-order valence-electron chi connectivity index (χ0n) is 15.7. The SMILES string of the molecule is CCOC(=O)/C=C/c1ccc(Cc2ccc(/C=C/C(=O)OCC)cc2)cc1. The van der Waals surface area contributed by atoms with Crippen LogP contribution in [0.15, 0.2) is 60.7 Å². The second-order valence-electron chi connectivity index (χ2n) is 5.83. The summed E-state index contributed by atoms with van der Waals surface area (Å²) in [6.45, 7) is 4.31. The molecule has 0 saturated heterocycles. The molecule has 0 N–H and O–H groups in total. The Morgan fingerprint density at radius 1 is 0.704 bits per heavy atom. The first-order valence-corrected chi connectivity index (χ1v) is 8.98. The fourth-order valence-corrected chi connectivity index (χ4v) is 2.44. The van der Waals surface area contributed by atoms with E-state index in [2.05, 4.69) is 0 Å². The summed E-state index contributed by atoms with van der Waals surface area (Å²) in [6, 6.07) is 16.1. The van der Waals surface area contributed by atoms with E-state index in [1.165, 1.54) is 23.3 Å². The molecule has 0 unspecified atom stereocenters. The highest BCUT2D eigenvalue weighted by atomic mass is 16.5. The van der Waals surface area contributed by atoms with Crippen molar-refractivity contribution in [3.8, 4) is 0 Å². The van der Waals surface area contributed by atoms with Crippen molar-refractivity contribution in [2.45, 2.75) is 20.3 Å². The lowest BCUT2D eigenvalue weighted by atomic mass is 10.0. The topological polar surface area (TPSA) is 52.6 Å². The van der Waals surface area contributed by atoms with E-state index in [0.29, 0.717) is 13.2 Å². The minimum atomic E-state index is -0.335. The average molecular weight is 364 g/mol. The van der Waals surface area contributed by atoms with Gasteiger partial charge in [-0.25, -0.2) is 9.59 Å². The van der Waals surface area contributed by atoms with Gasteiger partial charge >= 0.3 is 11.9 Å². The maximum Gasteiger partial charge on any atom is 0.330 e. The maximum absolute atomic E-state index is 11.3. The number of benzene rings is 2. The van der Waals surface area contributed by atoms with E-state index in [9.17, 15) is 9.59 Å². The second kappa shape index (κ2) is 10.8. The summed E-state index contributed by atoms with van der Waals surface area (Å²) in [5.74, 6) is -0.669. The lowest BCUT2D eigenvalue weighted by molar-refractivity contribution is -0.138. The molecule has 0 amide bonds. The number of ether oxygens (including phenoxy) is 2. The summed E-state index contributed by atoms with van der Waals surface area (Å²) >= 11 is 0. The highest BCUT2D eigenvalue weighted by Crippen LogP contribution is 2.13. The first-order valence-electron chi connectivity index (χ1n) is 8.98. The van der Waals surface area contributed by atoms with Crippen molar-refractivity contribution < 1.29 is 19.1 Å². The van der Waals surface area contributed by atoms with Crippen LogP contribution in [0.1, 0.15) is 36.1 Å². The third-order valence-corrected chi connectivity index (χ3v) is 3.76. The number of carbonyl (C=O) groups is 2. The summed E-state index contributed by atoms with van der Waals surface area (Å²) < 4.78 is 9.72. The van der Waals surface area contributed by atoms with Crippen molar-refractivity contribution in [1.29, 1.82) is 0 Å². The summed E-state index contributed by atoms with van der Waals surface area (Å²) in [7, 11) is 0. The summed E-state index contributed by atoms with van der Waals surface area (Å²) in [4.78, 5) is 22.7. The molecule has 27 heavy (non-hydrogen) atoms. The lowest BCUT2D eigenvalue weighted by Gasteiger charge is -2.04. The molecular weight excluding hydrogens is 340 g/mol. The van der Waals surface area contributed by atoms with Crippen LogP contribution in [0.4, 0.5) is 0 Å². The van der Waals surface area contributed by atoms with E-state index in [1.807, 2.05) is 48.5 Å². The van der Waals surface area contributed by atoms with Gasteiger partial charge in [-0.15, -0.1) is 0 Å². The third-order valence-electron chi connectivity index (χ3n) is 3.76. The van der Waals surface area contributed by atoms with Gasteiger partial charge in [0.05, 0.1) is 13.2 Å². The fraction of sp³-hybridized carbons (Fsp3) is 0.217. The van der Waals surface area contributed by atoms with Crippen molar-refractivity contribution in [3.63, 3.8) is 0 Å². The Labute approximate surface area is 160 Å². The third kappa shape index (κ3) is 7.32. The van der Waals surface area contributed by atoms with Gasteiger partial charge in [-0.05, 0) is 54.7 Å². The molecule has 0 fully saturated rings. The smallest absolute Gasteiger partial charge is 0.330 e. The van der Waals surface area contributed by atoms with Crippen LogP contribution in [-0.2, 0) is 25.5 Å². The molecule has 0 aromatic heterocycles. The Bertz CT molecular complexity index is 730. The van der Waals surface area contributed by atoms with Crippen LogP contribution >= 0.6 is 0 Å². The molecule has 0 heterocycles. The quantitative estimate of drug-likeness (QED) is 0.514. The van der Waals surface area contributed by atoms with Crippen molar-refractivity contribution in [2.24, 2.45) is 0 Å². The zero-order chi connectivity index (χ0) is 19.5. The minimum Gasteiger partial charge on any atom is -0.463 e. The van der Waals surface area contributed by atoms with Gasteiger partial charge < -0.3 is 9.47 Å². The van der Waals surface area contributed by atoms with Gasteiger partial charge in [0.2, 0.25) is 0 Å². The number of rotatable bonds is 8. The molecule has 2 aromatic rings. The van der Waals surface area contributed by atoms with E-state index in [1.54, 1.807) is 26.0 Å². The molecule has 0 bridgehead atoms. The molecule has 0 aliphatic heterocycles. The van der Waals surface area contributed by atoms with Gasteiger partial charge in [0.15, 0.2) is 0 Å². The van der Waals surface area contributed by atoms with Crippen LogP contribution in [0.3, 0.4) is 0 Å². The van der Waals surface area contributed by atoms with Crippen LogP contribution in [0.5, 0.6) is 0 Å². The first kappa shape index (κ1) is 20.2. The van der Waals surface area contributed by atoms with E-state index in [0.717, 1.165) is 17.5 Å². The predicted octanol–water partition coefficient (Wildman–Crippen LogP) is 4.43. The molecule has 0 aliphatic rings. The Hall–Kier alpha value is -3.14. The minimum absolute atomic E-state index is 0.335. The molecule has 0 radical (unpaired) electrons. The van der Waals surface area contributed by atoms with E-state index < -0.39 is 0 Å². The number of hydrogen-bond donors (Lipinski definition) is 0. The van der Waals surface area contributed by atoms with Crippen molar-refractivity contribution >= 4 is 24.1 Å². The van der Waals surface area contributed by atoms with Crippen molar-refractivity contribution in [1.82, 2.24) is 0 Å². The first-order chi connectivity index (χ1) is 13.1. The van der Waals surface area contributed by atoms with Crippen LogP contribution in [-0.4, -0.2) is 25.2 Å². The van der Waals surface area contributed by atoms with E-state index in [-0.39, 0.29) is 11.9 Å². The van der Waals surface area contributed by atoms with Gasteiger partial charge in [0, 0.05) is 12.2 Å². The fourth-order valence-electron chi connectivity index (χ4n) is 2.44. The Morgan fingerprint density at radius 3 is 1.41 bits per heavy atom. The number of hydrogen-bond acceptors (Lipinski definition) is 4. The van der Waals surface area contributed by atoms with Crippen LogP contribution < -0.4 is 0 Å². The van der Waals surface area contributed by atoms with Crippen LogP contribution in [0.2, 0.25) is 0 Å². The molecule has 2 aromatic carbocycles.